The summed E-state index contributed by atoms with van der Waals surface area (Å²) < 4.78 is 11.5. The van der Waals surface area contributed by atoms with Gasteiger partial charge in [-0.2, -0.15) is 0 Å². The Bertz CT molecular complexity index is 570. The molecule has 1 fully saturated rings. The molecule has 5 nitrogen and oxygen atoms in total. The summed E-state index contributed by atoms with van der Waals surface area (Å²) in [6, 6.07) is 9.94. The molecule has 21 heavy (non-hydrogen) atoms. The molecular weight excluding hydrogens is 268 g/mol. The van der Waals surface area contributed by atoms with E-state index in [0.717, 1.165) is 17.9 Å². The van der Waals surface area contributed by atoms with Gasteiger partial charge in [-0.05, 0) is 6.92 Å². The Morgan fingerprint density at radius 2 is 2.10 bits per heavy atom. The lowest BCUT2D eigenvalue weighted by Gasteiger charge is -2.35. The van der Waals surface area contributed by atoms with Crippen molar-refractivity contribution in [1.29, 1.82) is 0 Å². The van der Waals surface area contributed by atoms with E-state index in [9.17, 15) is 5.11 Å². The van der Waals surface area contributed by atoms with Gasteiger partial charge in [-0.15, -0.1) is 0 Å². The zero-order valence-electron chi connectivity index (χ0n) is 12.1. The lowest BCUT2D eigenvalue weighted by molar-refractivity contribution is -0.0985. The van der Waals surface area contributed by atoms with Crippen LogP contribution in [0, 0.1) is 0 Å². The number of oxazole rings is 1. The minimum atomic E-state index is -0.127. The molecule has 2 atom stereocenters. The maximum atomic E-state index is 9.25. The summed E-state index contributed by atoms with van der Waals surface area (Å²) in [5.41, 5.74) is 1.03. The Morgan fingerprint density at radius 1 is 1.29 bits per heavy atom. The van der Waals surface area contributed by atoms with E-state index in [1.165, 1.54) is 0 Å². The monoisotopic (exact) mass is 288 g/mol. The van der Waals surface area contributed by atoms with Gasteiger partial charge >= 0.3 is 0 Å². The second kappa shape index (κ2) is 6.39. The molecule has 0 aliphatic carbocycles. The summed E-state index contributed by atoms with van der Waals surface area (Å²) in [5.74, 6) is 1.48. The van der Waals surface area contributed by atoms with Crippen LogP contribution in [0.15, 0.2) is 40.9 Å². The van der Waals surface area contributed by atoms with Gasteiger partial charge in [0.25, 0.3) is 0 Å². The van der Waals surface area contributed by atoms with Gasteiger partial charge in [0.2, 0.25) is 5.89 Å². The third-order valence-electron chi connectivity index (χ3n) is 3.58. The molecular formula is C16H20N2O3. The van der Waals surface area contributed by atoms with Gasteiger partial charge in [-0.3, -0.25) is 4.90 Å². The van der Waals surface area contributed by atoms with Crippen molar-refractivity contribution in [3.05, 3.63) is 42.4 Å². The van der Waals surface area contributed by atoms with Gasteiger partial charge in [0.05, 0.1) is 31.6 Å². The number of ether oxygens (including phenoxy) is 1. The summed E-state index contributed by atoms with van der Waals surface area (Å²) in [7, 11) is 0. The van der Waals surface area contributed by atoms with Crippen molar-refractivity contribution in [2.45, 2.75) is 25.7 Å². The van der Waals surface area contributed by atoms with Crippen LogP contribution in [0.5, 0.6) is 0 Å². The zero-order valence-corrected chi connectivity index (χ0v) is 12.1. The number of nitrogens with zero attached hydrogens (tertiary/aromatic N) is 2. The molecule has 112 valence electrons. The molecule has 0 amide bonds. The van der Waals surface area contributed by atoms with E-state index in [-0.39, 0.29) is 18.8 Å². The number of aliphatic hydroxyl groups is 1. The van der Waals surface area contributed by atoms with E-state index in [0.29, 0.717) is 19.0 Å². The molecule has 1 aromatic carbocycles. The fourth-order valence-electron chi connectivity index (χ4n) is 2.68. The number of benzene rings is 1. The second-order valence-corrected chi connectivity index (χ2v) is 5.43. The van der Waals surface area contributed by atoms with Crippen LogP contribution in [0.3, 0.4) is 0 Å². The third kappa shape index (κ3) is 3.50. The molecule has 3 rings (SSSR count). The first-order chi connectivity index (χ1) is 10.2. The Balaban J connectivity index is 1.67. The summed E-state index contributed by atoms with van der Waals surface area (Å²) >= 11 is 0. The molecule has 0 bridgehead atoms. The zero-order chi connectivity index (χ0) is 14.7. The third-order valence-corrected chi connectivity index (χ3v) is 3.58. The number of hydrogen-bond donors (Lipinski definition) is 1. The van der Waals surface area contributed by atoms with Crippen LogP contribution in [0.2, 0.25) is 0 Å². The fraction of sp³-hybridized carbons (Fsp3) is 0.438. The van der Waals surface area contributed by atoms with Crippen LogP contribution >= 0.6 is 0 Å². The molecule has 1 N–H and O–H groups in total. The van der Waals surface area contributed by atoms with Crippen molar-refractivity contribution < 1.29 is 14.3 Å². The Morgan fingerprint density at radius 3 is 2.86 bits per heavy atom. The SMILES string of the molecule is CC1CN(Cc2ncc(-c3ccccc3)o2)CC(CO)O1. The van der Waals surface area contributed by atoms with E-state index in [2.05, 4.69) is 9.88 Å². The molecule has 1 saturated heterocycles. The van der Waals surface area contributed by atoms with E-state index in [1.807, 2.05) is 37.3 Å². The molecule has 1 aromatic heterocycles. The van der Waals surface area contributed by atoms with E-state index >= 15 is 0 Å². The van der Waals surface area contributed by atoms with Crippen LogP contribution in [0.4, 0.5) is 0 Å². The fourth-order valence-corrected chi connectivity index (χ4v) is 2.68. The van der Waals surface area contributed by atoms with Gasteiger partial charge in [0.15, 0.2) is 5.76 Å². The standard InChI is InChI=1S/C16H20N2O3/c1-12-8-18(9-14(11-19)20-12)10-16-17-7-15(21-16)13-5-3-2-4-6-13/h2-7,12,14,19H,8-11H2,1H3. The van der Waals surface area contributed by atoms with Crippen molar-refractivity contribution in [2.75, 3.05) is 19.7 Å². The van der Waals surface area contributed by atoms with Gasteiger partial charge in [-0.1, -0.05) is 30.3 Å². The second-order valence-electron chi connectivity index (χ2n) is 5.43. The van der Waals surface area contributed by atoms with Gasteiger partial charge in [0, 0.05) is 18.7 Å². The molecule has 2 heterocycles. The van der Waals surface area contributed by atoms with Crippen LogP contribution in [0.1, 0.15) is 12.8 Å². The predicted octanol–water partition coefficient (Wildman–Crippen LogP) is 1.92. The maximum absolute atomic E-state index is 9.25. The normalized spacial score (nSPS) is 23.3. The molecule has 1 aliphatic heterocycles. The highest BCUT2D eigenvalue weighted by atomic mass is 16.5. The smallest absolute Gasteiger partial charge is 0.209 e. The highest BCUT2D eigenvalue weighted by Crippen LogP contribution is 2.21. The molecule has 5 heteroatoms. The van der Waals surface area contributed by atoms with Crippen molar-refractivity contribution in [3.8, 4) is 11.3 Å². The maximum Gasteiger partial charge on any atom is 0.209 e. The van der Waals surface area contributed by atoms with Crippen LogP contribution in [0.25, 0.3) is 11.3 Å². The number of aliphatic hydroxyl groups excluding tert-OH is 1. The van der Waals surface area contributed by atoms with Crippen molar-refractivity contribution in [2.24, 2.45) is 0 Å². The Kier molecular flexibility index (Phi) is 4.34. The topological polar surface area (TPSA) is 58.7 Å². The first-order valence-corrected chi connectivity index (χ1v) is 7.23. The summed E-state index contributed by atoms with van der Waals surface area (Å²) in [6.45, 7) is 4.21. The highest BCUT2D eigenvalue weighted by molar-refractivity contribution is 5.55. The summed E-state index contributed by atoms with van der Waals surface area (Å²) in [5, 5.41) is 9.25. The Hall–Kier alpha value is -1.69. The van der Waals surface area contributed by atoms with Crippen LogP contribution < -0.4 is 0 Å². The number of rotatable bonds is 4. The summed E-state index contributed by atoms with van der Waals surface area (Å²) in [4.78, 5) is 6.55. The van der Waals surface area contributed by atoms with Crippen LogP contribution in [-0.2, 0) is 11.3 Å². The quantitative estimate of drug-likeness (QED) is 0.931. The van der Waals surface area contributed by atoms with E-state index < -0.39 is 0 Å². The average Bonchev–Trinajstić information content (AvgIpc) is 2.96. The van der Waals surface area contributed by atoms with Crippen molar-refractivity contribution >= 4 is 0 Å². The molecule has 0 spiro atoms. The lowest BCUT2D eigenvalue weighted by Crippen LogP contribution is -2.47. The predicted molar refractivity (Wildman–Crippen MR) is 78.6 cm³/mol. The van der Waals surface area contributed by atoms with Gasteiger partial charge in [-0.25, -0.2) is 4.98 Å². The minimum absolute atomic E-state index is 0.0433. The van der Waals surface area contributed by atoms with Gasteiger partial charge in [0.1, 0.15) is 0 Å². The number of morpholine rings is 1. The Labute approximate surface area is 124 Å². The molecule has 0 radical (unpaired) electrons. The average molecular weight is 288 g/mol. The first kappa shape index (κ1) is 14.3. The largest absolute Gasteiger partial charge is 0.439 e. The number of aromatic nitrogens is 1. The number of hydrogen-bond acceptors (Lipinski definition) is 5. The molecule has 0 saturated carbocycles. The van der Waals surface area contributed by atoms with E-state index in [4.69, 9.17) is 9.15 Å². The van der Waals surface area contributed by atoms with Gasteiger partial charge < -0.3 is 14.3 Å². The molecule has 1 aliphatic rings. The molecule has 2 aromatic rings. The van der Waals surface area contributed by atoms with Crippen molar-refractivity contribution in [1.82, 2.24) is 9.88 Å². The van der Waals surface area contributed by atoms with Crippen molar-refractivity contribution in [3.63, 3.8) is 0 Å². The highest BCUT2D eigenvalue weighted by Gasteiger charge is 2.25. The molecule has 2 unspecified atom stereocenters. The summed E-state index contributed by atoms with van der Waals surface area (Å²) in [6.07, 6.45) is 1.75. The van der Waals surface area contributed by atoms with Crippen LogP contribution in [-0.4, -0.2) is 46.9 Å². The lowest BCUT2D eigenvalue weighted by atomic mass is 10.2. The first-order valence-electron chi connectivity index (χ1n) is 7.23. The van der Waals surface area contributed by atoms with E-state index in [1.54, 1.807) is 6.20 Å². The minimum Gasteiger partial charge on any atom is -0.439 e.